The first-order chi connectivity index (χ1) is 8.69. The molecule has 1 aliphatic carbocycles. The summed E-state index contributed by atoms with van der Waals surface area (Å²) in [5, 5.41) is 0. The standard InChI is InChI=1S/C14H22O4/c1-17-13(15)12(14(16)18-2)10-6-9-11-7-4-3-5-8-11/h6,9,11-12H,3-5,7-8,10H2,1-2H3/b9-6-. The average Bonchev–Trinajstić information content (AvgIpc) is 2.43. The molecular weight excluding hydrogens is 232 g/mol. The van der Waals surface area contributed by atoms with Gasteiger partial charge in [-0.2, -0.15) is 0 Å². The van der Waals surface area contributed by atoms with Crippen LogP contribution in [0.5, 0.6) is 0 Å². The topological polar surface area (TPSA) is 52.6 Å². The van der Waals surface area contributed by atoms with E-state index in [9.17, 15) is 9.59 Å². The van der Waals surface area contributed by atoms with E-state index in [2.05, 4.69) is 15.5 Å². The summed E-state index contributed by atoms with van der Waals surface area (Å²) in [4.78, 5) is 22.9. The highest BCUT2D eigenvalue weighted by Crippen LogP contribution is 2.25. The minimum Gasteiger partial charge on any atom is -0.468 e. The van der Waals surface area contributed by atoms with Crippen LogP contribution in [0.25, 0.3) is 0 Å². The highest BCUT2D eigenvalue weighted by Gasteiger charge is 2.27. The van der Waals surface area contributed by atoms with Crippen molar-refractivity contribution in [1.82, 2.24) is 0 Å². The molecule has 0 radical (unpaired) electrons. The van der Waals surface area contributed by atoms with Gasteiger partial charge >= 0.3 is 11.9 Å². The number of esters is 2. The second-order valence-corrected chi connectivity index (χ2v) is 4.66. The predicted octanol–water partition coefficient (Wildman–Crippen LogP) is 2.48. The van der Waals surface area contributed by atoms with Gasteiger partial charge in [-0.15, -0.1) is 0 Å². The summed E-state index contributed by atoms with van der Waals surface area (Å²) in [7, 11) is 2.56. The monoisotopic (exact) mass is 254 g/mol. The molecule has 0 bridgehead atoms. The molecule has 0 aromatic rings. The Morgan fingerprint density at radius 1 is 1.11 bits per heavy atom. The van der Waals surface area contributed by atoms with Crippen molar-refractivity contribution in [2.75, 3.05) is 14.2 Å². The third-order valence-corrected chi connectivity index (χ3v) is 3.40. The molecule has 18 heavy (non-hydrogen) atoms. The van der Waals surface area contributed by atoms with Gasteiger partial charge in [0, 0.05) is 0 Å². The zero-order chi connectivity index (χ0) is 13.4. The number of carbonyl (C=O) groups excluding carboxylic acids is 2. The van der Waals surface area contributed by atoms with E-state index < -0.39 is 17.9 Å². The van der Waals surface area contributed by atoms with Gasteiger partial charge in [0.15, 0.2) is 5.92 Å². The van der Waals surface area contributed by atoms with E-state index in [1.165, 1.54) is 46.3 Å². The Morgan fingerprint density at radius 3 is 2.17 bits per heavy atom. The van der Waals surface area contributed by atoms with Crippen molar-refractivity contribution < 1.29 is 19.1 Å². The van der Waals surface area contributed by atoms with Crippen LogP contribution in [0.3, 0.4) is 0 Å². The molecule has 4 heteroatoms. The van der Waals surface area contributed by atoms with Gasteiger partial charge < -0.3 is 9.47 Å². The summed E-state index contributed by atoms with van der Waals surface area (Å²) in [5.41, 5.74) is 0. The Labute approximate surface area is 108 Å². The molecule has 4 nitrogen and oxygen atoms in total. The second kappa shape index (κ2) is 7.90. The lowest BCUT2D eigenvalue weighted by molar-refractivity contribution is -0.158. The molecule has 1 aliphatic rings. The highest BCUT2D eigenvalue weighted by molar-refractivity contribution is 5.94. The van der Waals surface area contributed by atoms with Crippen molar-refractivity contribution in [3.05, 3.63) is 12.2 Å². The third-order valence-electron chi connectivity index (χ3n) is 3.40. The molecule has 1 rings (SSSR count). The molecule has 0 aromatic carbocycles. The number of methoxy groups -OCH3 is 2. The van der Waals surface area contributed by atoms with Crippen molar-refractivity contribution in [3.8, 4) is 0 Å². The predicted molar refractivity (Wildman–Crippen MR) is 67.9 cm³/mol. The summed E-state index contributed by atoms with van der Waals surface area (Å²) in [6.45, 7) is 0. The van der Waals surface area contributed by atoms with Crippen LogP contribution in [-0.2, 0) is 19.1 Å². The molecule has 0 unspecified atom stereocenters. The van der Waals surface area contributed by atoms with Crippen LogP contribution >= 0.6 is 0 Å². The smallest absolute Gasteiger partial charge is 0.320 e. The van der Waals surface area contributed by atoms with Gasteiger partial charge in [0.1, 0.15) is 0 Å². The molecule has 0 aliphatic heterocycles. The Morgan fingerprint density at radius 2 is 1.67 bits per heavy atom. The maximum Gasteiger partial charge on any atom is 0.320 e. The van der Waals surface area contributed by atoms with E-state index >= 15 is 0 Å². The minimum absolute atomic E-state index is 0.357. The SMILES string of the molecule is COC(=O)C(C/C=C\C1CCCCC1)C(=O)OC. The van der Waals surface area contributed by atoms with E-state index in [0.29, 0.717) is 12.3 Å². The lowest BCUT2D eigenvalue weighted by Gasteiger charge is -2.18. The van der Waals surface area contributed by atoms with Crippen molar-refractivity contribution in [2.45, 2.75) is 38.5 Å². The van der Waals surface area contributed by atoms with Crippen LogP contribution < -0.4 is 0 Å². The van der Waals surface area contributed by atoms with Gasteiger partial charge in [0.05, 0.1) is 14.2 Å². The fourth-order valence-electron chi connectivity index (χ4n) is 2.31. The van der Waals surface area contributed by atoms with Crippen molar-refractivity contribution in [2.24, 2.45) is 11.8 Å². The molecule has 1 fully saturated rings. The van der Waals surface area contributed by atoms with Gasteiger partial charge in [-0.05, 0) is 25.2 Å². The fraction of sp³-hybridized carbons (Fsp3) is 0.714. The molecular formula is C14H22O4. The van der Waals surface area contributed by atoms with E-state index in [4.69, 9.17) is 0 Å². The van der Waals surface area contributed by atoms with E-state index in [0.717, 1.165) is 0 Å². The van der Waals surface area contributed by atoms with E-state index in [-0.39, 0.29) is 0 Å². The van der Waals surface area contributed by atoms with Crippen molar-refractivity contribution >= 4 is 11.9 Å². The fourth-order valence-corrected chi connectivity index (χ4v) is 2.31. The second-order valence-electron chi connectivity index (χ2n) is 4.66. The number of hydrogen-bond donors (Lipinski definition) is 0. The summed E-state index contributed by atoms with van der Waals surface area (Å²) in [6.07, 6.45) is 10.7. The van der Waals surface area contributed by atoms with Crippen molar-refractivity contribution in [1.29, 1.82) is 0 Å². The van der Waals surface area contributed by atoms with Gasteiger partial charge in [0.2, 0.25) is 0 Å². The first-order valence-corrected chi connectivity index (χ1v) is 6.51. The average molecular weight is 254 g/mol. The first-order valence-electron chi connectivity index (χ1n) is 6.51. The first kappa shape index (κ1) is 14.7. The van der Waals surface area contributed by atoms with E-state index in [1.807, 2.05) is 6.08 Å². The molecule has 102 valence electrons. The summed E-state index contributed by atoms with van der Waals surface area (Å²) >= 11 is 0. The molecule has 0 amide bonds. The van der Waals surface area contributed by atoms with Crippen LogP contribution in [0.1, 0.15) is 38.5 Å². The third kappa shape index (κ3) is 4.51. The van der Waals surface area contributed by atoms with Gasteiger partial charge in [-0.3, -0.25) is 9.59 Å². The Kier molecular flexibility index (Phi) is 6.47. The van der Waals surface area contributed by atoms with Gasteiger partial charge in [-0.1, -0.05) is 31.4 Å². The molecule has 1 saturated carbocycles. The number of allylic oxidation sites excluding steroid dienone is 2. The maximum absolute atomic E-state index is 11.4. The zero-order valence-corrected chi connectivity index (χ0v) is 11.2. The molecule has 0 heterocycles. The van der Waals surface area contributed by atoms with Gasteiger partial charge in [-0.25, -0.2) is 0 Å². The van der Waals surface area contributed by atoms with Gasteiger partial charge in [0.25, 0.3) is 0 Å². The Bertz CT molecular complexity index is 287. The van der Waals surface area contributed by atoms with E-state index in [1.54, 1.807) is 0 Å². The number of hydrogen-bond acceptors (Lipinski definition) is 4. The quantitative estimate of drug-likeness (QED) is 0.429. The summed E-state index contributed by atoms with van der Waals surface area (Å²) in [6, 6.07) is 0. The molecule has 0 spiro atoms. The Hall–Kier alpha value is -1.32. The lowest BCUT2D eigenvalue weighted by atomic mass is 9.88. The zero-order valence-electron chi connectivity index (χ0n) is 11.2. The van der Waals surface area contributed by atoms with Crippen LogP contribution in [0, 0.1) is 11.8 Å². The van der Waals surface area contributed by atoms with Crippen LogP contribution in [-0.4, -0.2) is 26.2 Å². The van der Waals surface area contributed by atoms with Crippen LogP contribution in [0.2, 0.25) is 0 Å². The Balaban J connectivity index is 2.47. The molecule has 0 atom stereocenters. The maximum atomic E-state index is 11.4. The number of carbonyl (C=O) groups is 2. The van der Waals surface area contributed by atoms with Crippen LogP contribution in [0.15, 0.2) is 12.2 Å². The molecule has 0 N–H and O–H groups in total. The van der Waals surface area contributed by atoms with Crippen LogP contribution in [0.4, 0.5) is 0 Å². The highest BCUT2D eigenvalue weighted by atomic mass is 16.5. The largest absolute Gasteiger partial charge is 0.468 e. The normalized spacial score (nSPS) is 17.1. The number of ether oxygens (including phenoxy) is 2. The number of rotatable bonds is 5. The lowest BCUT2D eigenvalue weighted by Crippen LogP contribution is -2.26. The summed E-state index contributed by atoms with van der Waals surface area (Å²) < 4.78 is 9.21. The minimum atomic E-state index is -0.833. The molecule has 0 saturated heterocycles. The van der Waals surface area contributed by atoms with Crippen molar-refractivity contribution in [3.63, 3.8) is 0 Å². The molecule has 0 aromatic heterocycles. The summed E-state index contributed by atoms with van der Waals surface area (Å²) in [5.74, 6) is -1.31.